The van der Waals surface area contributed by atoms with Crippen molar-refractivity contribution in [2.75, 3.05) is 6.54 Å². The molecule has 2 aliphatic rings. The first kappa shape index (κ1) is 16.1. The van der Waals surface area contributed by atoms with Gasteiger partial charge in [0.25, 0.3) is 0 Å². The highest BCUT2D eigenvalue weighted by Crippen LogP contribution is 2.45. The van der Waals surface area contributed by atoms with Crippen molar-refractivity contribution in [3.8, 4) is 0 Å². The zero-order valence-electron chi connectivity index (χ0n) is 13.6. The number of carboxylic acids is 1. The lowest BCUT2D eigenvalue weighted by molar-refractivity contribution is -0.141. The monoisotopic (exact) mass is 296 g/mol. The molecule has 1 saturated heterocycles. The summed E-state index contributed by atoms with van der Waals surface area (Å²) < 4.78 is 0. The molecule has 1 saturated carbocycles. The molecule has 2 rings (SSSR count). The molecular formula is C16H28N2O3. The van der Waals surface area contributed by atoms with Gasteiger partial charge >= 0.3 is 12.0 Å². The summed E-state index contributed by atoms with van der Waals surface area (Å²) in [7, 11) is 0. The largest absolute Gasteiger partial charge is 0.480 e. The van der Waals surface area contributed by atoms with Crippen molar-refractivity contribution >= 4 is 12.0 Å². The van der Waals surface area contributed by atoms with Crippen molar-refractivity contribution < 1.29 is 14.7 Å². The smallest absolute Gasteiger partial charge is 0.326 e. The number of aliphatic carboxylic acids is 1. The van der Waals surface area contributed by atoms with Gasteiger partial charge in [0.05, 0.1) is 0 Å². The Kier molecular flexibility index (Phi) is 4.22. The fraction of sp³-hybridized carbons (Fsp3) is 0.875. The number of carbonyl (C=O) groups excluding carboxylic acids is 1. The first-order valence-electron chi connectivity index (χ1n) is 7.90. The van der Waals surface area contributed by atoms with Crippen LogP contribution in [0.1, 0.15) is 59.8 Å². The van der Waals surface area contributed by atoms with Crippen molar-refractivity contribution in [2.45, 2.75) is 71.9 Å². The molecule has 0 aromatic carbocycles. The quantitative estimate of drug-likeness (QED) is 0.823. The topological polar surface area (TPSA) is 69.6 Å². The molecule has 0 aromatic rings. The van der Waals surface area contributed by atoms with Gasteiger partial charge in [-0.05, 0) is 42.9 Å². The Morgan fingerprint density at radius 2 is 1.71 bits per heavy atom. The van der Waals surface area contributed by atoms with Crippen molar-refractivity contribution in [1.29, 1.82) is 0 Å². The fourth-order valence-electron chi connectivity index (χ4n) is 4.47. The highest BCUT2D eigenvalue weighted by atomic mass is 16.4. The lowest BCUT2D eigenvalue weighted by Crippen LogP contribution is -2.52. The number of carboxylic acid groups (broad SMARTS) is 1. The molecule has 1 unspecified atom stereocenters. The summed E-state index contributed by atoms with van der Waals surface area (Å²) in [6.07, 6.45) is 4.38. The molecule has 5 heteroatoms. The number of nitrogens with one attached hydrogen (secondary N) is 1. The third kappa shape index (κ3) is 3.89. The minimum atomic E-state index is -0.896. The second kappa shape index (κ2) is 5.50. The summed E-state index contributed by atoms with van der Waals surface area (Å²) in [5.74, 6) is -0.896. The van der Waals surface area contributed by atoms with E-state index in [1.54, 1.807) is 0 Å². The van der Waals surface area contributed by atoms with Crippen LogP contribution in [0.4, 0.5) is 4.79 Å². The normalized spacial score (nSPS) is 28.4. The first-order chi connectivity index (χ1) is 9.60. The SMILES string of the molecule is CC1(C)CC(NC(=O)N2CCCC2C(=O)O)CC(C)(C)C1. The second-order valence-corrected chi connectivity index (χ2v) is 8.25. The van der Waals surface area contributed by atoms with Crippen LogP contribution in [0, 0.1) is 10.8 Å². The molecule has 21 heavy (non-hydrogen) atoms. The van der Waals surface area contributed by atoms with E-state index in [0.29, 0.717) is 13.0 Å². The van der Waals surface area contributed by atoms with Crippen LogP contribution in [0.15, 0.2) is 0 Å². The summed E-state index contributed by atoms with van der Waals surface area (Å²) in [6, 6.07) is -0.737. The highest BCUT2D eigenvalue weighted by Gasteiger charge is 2.40. The Morgan fingerprint density at radius 1 is 1.14 bits per heavy atom. The summed E-state index contributed by atoms with van der Waals surface area (Å²) in [6.45, 7) is 9.50. The summed E-state index contributed by atoms with van der Waals surface area (Å²) >= 11 is 0. The number of hydrogen-bond donors (Lipinski definition) is 2. The van der Waals surface area contributed by atoms with Gasteiger partial charge in [0, 0.05) is 12.6 Å². The lowest BCUT2D eigenvalue weighted by atomic mass is 9.63. The van der Waals surface area contributed by atoms with Gasteiger partial charge in [0.1, 0.15) is 6.04 Å². The molecule has 2 amide bonds. The summed E-state index contributed by atoms with van der Waals surface area (Å²) in [4.78, 5) is 25.1. The maximum Gasteiger partial charge on any atom is 0.326 e. The minimum absolute atomic E-state index is 0.131. The average molecular weight is 296 g/mol. The molecule has 0 bridgehead atoms. The van der Waals surface area contributed by atoms with E-state index in [1.165, 1.54) is 4.90 Å². The van der Waals surface area contributed by atoms with Crippen LogP contribution < -0.4 is 5.32 Å². The van der Waals surface area contributed by atoms with E-state index < -0.39 is 12.0 Å². The summed E-state index contributed by atoms with van der Waals surface area (Å²) in [5, 5.41) is 12.3. The van der Waals surface area contributed by atoms with Gasteiger partial charge in [-0.25, -0.2) is 9.59 Å². The van der Waals surface area contributed by atoms with Crippen molar-refractivity contribution in [1.82, 2.24) is 10.2 Å². The van der Waals surface area contributed by atoms with E-state index in [2.05, 4.69) is 33.0 Å². The Balaban J connectivity index is 2.00. The van der Waals surface area contributed by atoms with Crippen molar-refractivity contribution in [3.63, 3.8) is 0 Å². The molecule has 1 aliphatic carbocycles. The van der Waals surface area contributed by atoms with Gasteiger partial charge in [-0.1, -0.05) is 27.7 Å². The van der Waals surface area contributed by atoms with Crippen LogP contribution in [-0.2, 0) is 4.79 Å². The molecular weight excluding hydrogens is 268 g/mol. The van der Waals surface area contributed by atoms with E-state index in [9.17, 15) is 14.7 Å². The maximum atomic E-state index is 12.4. The molecule has 2 fully saturated rings. The molecule has 2 N–H and O–H groups in total. The lowest BCUT2D eigenvalue weighted by Gasteiger charge is -2.45. The number of likely N-dealkylation sites (tertiary alicyclic amines) is 1. The molecule has 0 spiro atoms. The number of rotatable bonds is 2. The highest BCUT2D eigenvalue weighted by molar-refractivity contribution is 5.83. The number of carbonyl (C=O) groups is 2. The van der Waals surface area contributed by atoms with Crippen LogP contribution in [0.25, 0.3) is 0 Å². The Morgan fingerprint density at radius 3 is 2.24 bits per heavy atom. The molecule has 1 heterocycles. The Hall–Kier alpha value is -1.26. The average Bonchev–Trinajstić information content (AvgIpc) is 2.72. The third-order valence-corrected chi connectivity index (χ3v) is 4.68. The van der Waals surface area contributed by atoms with Gasteiger partial charge in [0.15, 0.2) is 0 Å². The standard InChI is InChI=1S/C16H28N2O3/c1-15(2)8-11(9-16(3,4)10-15)17-14(21)18-7-5-6-12(18)13(19)20/h11-12H,5-10H2,1-4H3,(H,17,21)(H,19,20). The van der Waals surface area contributed by atoms with Crippen LogP contribution in [0.2, 0.25) is 0 Å². The minimum Gasteiger partial charge on any atom is -0.480 e. The Bertz CT molecular complexity index is 415. The van der Waals surface area contributed by atoms with E-state index in [0.717, 1.165) is 25.7 Å². The third-order valence-electron chi connectivity index (χ3n) is 4.68. The Labute approximate surface area is 127 Å². The number of urea groups is 1. The van der Waals surface area contributed by atoms with E-state index in [4.69, 9.17) is 0 Å². The van der Waals surface area contributed by atoms with E-state index >= 15 is 0 Å². The fourth-order valence-corrected chi connectivity index (χ4v) is 4.47. The number of amides is 2. The zero-order chi connectivity index (χ0) is 15.8. The first-order valence-corrected chi connectivity index (χ1v) is 7.90. The number of nitrogens with zero attached hydrogens (tertiary/aromatic N) is 1. The van der Waals surface area contributed by atoms with E-state index in [-0.39, 0.29) is 22.9 Å². The molecule has 0 radical (unpaired) electrons. The van der Waals surface area contributed by atoms with Gasteiger partial charge < -0.3 is 15.3 Å². The molecule has 1 atom stereocenters. The van der Waals surface area contributed by atoms with Crippen LogP contribution in [0.5, 0.6) is 0 Å². The predicted molar refractivity (Wildman–Crippen MR) is 81.1 cm³/mol. The molecule has 120 valence electrons. The van der Waals surface area contributed by atoms with Crippen molar-refractivity contribution in [3.05, 3.63) is 0 Å². The molecule has 1 aliphatic heterocycles. The van der Waals surface area contributed by atoms with Crippen LogP contribution in [0.3, 0.4) is 0 Å². The van der Waals surface area contributed by atoms with Gasteiger partial charge in [-0.2, -0.15) is 0 Å². The van der Waals surface area contributed by atoms with E-state index in [1.807, 2.05) is 0 Å². The van der Waals surface area contributed by atoms with Crippen LogP contribution >= 0.6 is 0 Å². The summed E-state index contributed by atoms with van der Waals surface area (Å²) in [5.41, 5.74) is 0.411. The van der Waals surface area contributed by atoms with Gasteiger partial charge in [0.2, 0.25) is 0 Å². The molecule has 5 nitrogen and oxygen atoms in total. The van der Waals surface area contributed by atoms with Crippen LogP contribution in [-0.4, -0.2) is 40.6 Å². The van der Waals surface area contributed by atoms with Crippen molar-refractivity contribution in [2.24, 2.45) is 10.8 Å². The maximum absolute atomic E-state index is 12.4. The van der Waals surface area contributed by atoms with Gasteiger partial charge in [-0.3, -0.25) is 0 Å². The second-order valence-electron chi connectivity index (χ2n) is 8.25. The zero-order valence-corrected chi connectivity index (χ0v) is 13.6. The van der Waals surface area contributed by atoms with Gasteiger partial charge in [-0.15, -0.1) is 0 Å². The predicted octanol–water partition coefficient (Wildman–Crippen LogP) is 2.85. The number of hydrogen-bond acceptors (Lipinski definition) is 2. The molecule has 0 aromatic heterocycles.